The quantitative estimate of drug-likeness (QED) is 0.323. The Kier molecular flexibility index (Phi) is 5.88. The molecule has 3 aromatic heterocycles. The molecule has 0 aliphatic heterocycles. The molecule has 0 saturated carbocycles. The summed E-state index contributed by atoms with van der Waals surface area (Å²) in [5, 5.41) is 14.6. The van der Waals surface area contributed by atoms with Crippen LogP contribution in [-0.2, 0) is 0 Å². The van der Waals surface area contributed by atoms with Crippen molar-refractivity contribution in [2.24, 2.45) is 0 Å². The van der Waals surface area contributed by atoms with E-state index in [-0.39, 0.29) is 17.4 Å². The number of pyridine rings is 2. The number of para-hydroxylation sites is 1. The van der Waals surface area contributed by atoms with Gasteiger partial charge in [-0.2, -0.15) is 0 Å². The maximum Gasteiger partial charge on any atom is 0.263 e. The van der Waals surface area contributed by atoms with Crippen molar-refractivity contribution < 1.29 is 5.11 Å². The van der Waals surface area contributed by atoms with Crippen LogP contribution in [-0.4, -0.2) is 24.6 Å². The Labute approximate surface area is 207 Å². The molecule has 3 heterocycles. The molecule has 0 unspecified atom stereocenters. The van der Waals surface area contributed by atoms with Gasteiger partial charge in [0.2, 0.25) is 5.69 Å². The van der Waals surface area contributed by atoms with E-state index in [1.807, 2.05) is 61.5 Å². The average molecular weight is 475 g/mol. The molecule has 0 aliphatic rings. The second-order valence-electron chi connectivity index (χ2n) is 8.38. The van der Waals surface area contributed by atoms with E-state index in [2.05, 4.69) is 25.1 Å². The molecular formula is C28H22N6O2. The van der Waals surface area contributed by atoms with Crippen LogP contribution in [0.3, 0.4) is 0 Å². The molecule has 0 radical (unpaired) electrons. The predicted molar refractivity (Wildman–Crippen MR) is 140 cm³/mol. The first kappa shape index (κ1) is 22.7. The van der Waals surface area contributed by atoms with Gasteiger partial charge in [0.1, 0.15) is 17.4 Å². The van der Waals surface area contributed by atoms with Gasteiger partial charge in [-0.3, -0.25) is 19.3 Å². The highest BCUT2D eigenvalue weighted by Gasteiger charge is 2.20. The molecule has 0 aliphatic carbocycles. The Balaban J connectivity index is 1.75. The second kappa shape index (κ2) is 9.31. The number of aromatic hydroxyl groups is 1. The van der Waals surface area contributed by atoms with Gasteiger partial charge in [-0.1, -0.05) is 36.4 Å². The Hall–Kier alpha value is -5.03. The fraction of sp³-hybridized carbons (Fsp3) is 0.107. The molecule has 5 rings (SSSR count). The number of hydrogen-bond acceptors (Lipinski definition) is 6. The molecule has 8 nitrogen and oxygen atoms in total. The monoisotopic (exact) mass is 474 g/mol. The Bertz CT molecular complexity index is 1690. The Morgan fingerprint density at radius 1 is 1.06 bits per heavy atom. The van der Waals surface area contributed by atoms with Crippen LogP contribution in [0.4, 0.5) is 11.5 Å². The largest absolute Gasteiger partial charge is 0.506 e. The lowest BCUT2D eigenvalue weighted by Gasteiger charge is -2.22. The van der Waals surface area contributed by atoms with Crippen LogP contribution in [0.1, 0.15) is 24.5 Å². The van der Waals surface area contributed by atoms with E-state index >= 15 is 0 Å². The standard InChI is InChI=1S/C28H22N6O2/c1-17(32-27-24(29-3)16-31-18(2)33-27)25-13-19-8-7-11-23(20-12-22(35)15-30-14-20)26(19)28(36)34(25)21-9-5-4-6-10-21/h4-17,35H,1-2H3,(H,31,32,33)/t17-/m0/s1. The minimum absolute atomic E-state index is 0.0260. The summed E-state index contributed by atoms with van der Waals surface area (Å²) in [6.07, 6.45) is 4.47. The summed E-state index contributed by atoms with van der Waals surface area (Å²) in [4.78, 5) is 30.3. The van der Waals surface area contributed by atoms with Gasteiger partial charge in [0, 0.05) is 29.3 Å². The van der Waals surface area contributed by atoms with E-state index in [0.29, 0.717) is 45.2 Å². The molecular weight excluding hydrogens is 452 g/mol. The molecule has 36 heavy (non-hydrogen) atoms. The summed E-state index contributed by atoms with van der Waals surface area (Å²) in [7, 11) is 0. The number of aryl methyl sites for hydroxylation is 1. The van der Waals surface area contributed by atoms with Crippen molar-refractivity contribution in [3.05, 3.63) is 113 Å². The minimum Gasteiger partial charge on any atom is -0.506 e. The van der Waals surface area contributed by atoms with E-state index in [1.54, 1.807) is 23.8 Å². The SMILES string of the molecule is [C-]#[N+]c1cnc(C)nc1N[C@@H](C)c1cc2cccc(-c3cncc(O)c3)c2c(=O)n1-c1ccccc1. The van der Waals surface area contributed by atoms with E-state index in [9.17, 15) is 9.90 Å². The van der Waals surface area contributed by atoms with Crippen molar-refractivity contribution in [3.8, 4) is 22.6 Å². The summed E-state index contributed by atoms with van der Waals surface area (Å²) >= 11 is 0. The third kappa shape index (κ3) is 4.14. The van der Waals surface area contributed by atoms with Gasteiger partial charge in [0.05, 0.1) is 24.2 Å². The van der Waals surface area contributed by atoms with Gasteiger partial charge in [-0.25, -0.2) is 9.83 Å². The zero-order valence-electron chi connectivity index (χ0n) is 19.7. The van der Waals surface area contributed by atoms with Crippen LogP contribution in [0.15, 0.2) is 84.0 Å². The van der Waals surface area contributed by atoms with Gasteiger partial charge in [0.15, 0.2) is 0 Å². The molecule has 2 N–H and O–H groups in total. The lowest BCUT2D eigenvalue weighted by molar-refractivity contribution is 0.473. The first-order chi connectivity index (χ1) is 17.5. The van der Waals surface area contributed by atoms with Crippen molar-refractivity contribution in [1.29, 1.82) is 0 Å². The number of rotatable bonds is 5. The Morgan fingerprint density at radius 2 is 1.86 bits per heavy atom. The van der Waals surface area contributed by atoms with Crippen LogP contribution < -0.4 is 10.9 Å². The van der Waals surface area contributed by atoms with Crippen molar-refractivity contribution >= 4 is 22.3 Å². The molecule has 0 spiro atoms. The minimum atomic E-state index is -0.372. The summed E-state index contributed by atoms with van der Waals surface area (Å²) in [5.74, 6) is 0.982. The van der Waals surface area contributed by atoms with Gasteiger partial charge < -0.3 is 10.4 Å². The zero-order valence-corrected chi connectivity index (χ0v) is 19.7. The lowest BCUT2D eigenvalue weighted by Crippen LogP contribution is -2.26. The first-order valence-corrected chi connectivity index (χ1v) is 11.3. The molecule has 8 heteroatoms. The van der Waals surface area contributed by atoms with Crippen LogP contribution in [0.2, 0.25) is 0 Å². The summed E-state index contributed by atoms with van der Waals surface area (Å²) < 4.78 is 1.67. The summed E-state index contributed by atoms with van der Waals surface area (Å²) in [6, 6.07) is 18.2. The molecule has 176 valence electrons. The number of nitrogens with zero attached hydrogens (tertiary/aromatic N) is 5. The lowest BCUT2D eigenvalue weighted by atomic mass is 9.98. The van der Waals surface area contributed by atoms with E-state index in [1.165, 1.54) is 12.4 Å². The van der Waals surface area contributed by atoms with Crippen LogP contribution in [0.25, 0.3) is 32.4 Å². The fourth-order valence-corrected chi connectivity index (χ4v) is 4.29. The van der Waals surface area contributed by atoms with E-state index in [0.717, 1.165) is 5.39 Å². The molecule has 5 aromatic rings. The maximum atomic E-state index is 14.1. The van der Waals surface area contributed by atoms with E-state index in [4.69, 9.17) is 6.57 Å². The van der Waals surface area contributed by atoms with Gasteiger partial charge in [0.25, 0.3) is 5.56 Å². The number of nitrogens with one attached hydrogen (secondary N) is 1. The normalized spacial score (nSPS) is 11.7. The van der Waals surface area contributed by atoms with Crippen LogP contribution >= 0.6 is 0 Å². The highest BCUT2D eigenvalue weighted by molar-refractivity contribution is 5.96. The van der Waals surface area contributed by atoms with Gasteiger partial charge >= 0.3 is 0 Å². The predicted octanol–water partition coefficient (Wildman–Crippen LogP) is 5.58. The van der Waals surface area contributed by atoms with Crippen molar-refractivity contribution in [3.63, 3.8) is 0 Å². The number of anilines is 1. The fourth-order valence-electron chi connectivity index (χ4n) is 4.29. The summed E-state index contributed by atoms with van der Waals surface area (Å²) in [6.45, 7) is 11.2. The number of fused-ring (bicyclic) bond motifs is 1. The molecule has 1 atom stereocenters. The highest BCUT2D eigenvalue weighted by atomic mass is 16.3. The zero-order chi connectivity index (χ0) is 25.2. The topological polar surface area (TPSA) is 97.3 Å². The van der Waals surface area contributed by atoms with E-state index < -0.39 is 0 Å². The molecule has 0 fully saturated rings. The van der Waals surface area contributed by atoms with Crippen molar-refractivity contribution in [2.45, 2.75) is 19.9 Å². The van der Waals surface area contributed by atoms with Crippen molar-refractivity contribution in [1.82, 2.24) is 19.5 Å². The molecule has 0 saturated heterocycles. The Morgan fingerprint density at radius 3 is 2.61 bits per heavy atom. The van der Waals surface area contributed by atoms with Crippen molar-refractivity contribution in [2.75, 3.05) is 5.32 Å². The maximum absolute atomic E-state index is 14.1. The van der Waals surface area contributed by atoms with Crippen LogP contribution in [0.5, 0.6) is 5.75 Å². The average Bonchev–Trinajstić information content (AvgIpc) is 2.89. The molecule has 0 amide bonds. The number of aromatic nitrogens is 4. The smallest absolute Gasteiger partial charge is 0.263 e. The third-order valence-corrected chi connectivity index (χ3v) is 5.93. The second-order valence-corrected chi connectivity index (χ2v) is 8.38. The summed E-state index contributed by atoms with van der Waals surface area (Å²) in [5.41, 5.74) is 2.85. The third-order valence-electron chi connectivity index (χ3n) is 5.93. The molecule has 2 aromatic carbocycles. The number of hydrogen-bond donors (Lipinski definition) is 2. The number of benzene rings is 2. The van der Waals surface area contributed by atoms with Gasteiger partial charge in [-0.05, 0) is 49.1 Å². The van der Waals surface area contributed by atoms with Crippen LogP contribution in [0, 0.1) is 13.5 Å². The highest BCUT2D eigenvalue weighted by Crippen LogP contribution is 2.32. The molecule has 0 bridgehead atoms. The first-order valence-electron chi connectivity index (χ1n) is 11.3. The van der Waals surface area contributed by atoms with Gasteiger partial charge in [-0.15, -0.1) is 0 Å².